The number of nitrogens with zero attached hydrogens (tertiary/aromatic N) is 1. The van der Waals surface area contributed by atoms with Crippen molar-refractivity contribution < 1.29 is 9.72 Å². The van der Waals surface area contributed by atoms with Gasteiger partial charge < -0.3 is 5.32 Å². The van der Waals surface area contributed by atoms with Gasteiger partial charge in [-0.15, -0.1) is 0 Å². The topological polar surface area (TPSA) is 72.2 Å². The highest BCUT2D eigenvalue weighted by Gasteiger charge is 2.18. The monoisotopic (exact) mass is 236 g/mol. The highest BCUT2D eigenvalue weighted by atomic mass is 16.6. The average Bonchev–Trinajstić information content (AvgIpc) is 2.14. The molecule has 0 atom stereocenters. The molecule has 0 bridgehead atoms. The third-order valence-electron chi connectivity index (χ3n) is 2.05. The fourth-order valence-corrected chi connectivity index (χ4v) is 1.47. The highest BCUT2D eigenvalue weighted by Crippen LogP contribution is 2.18. The van der Waals surface area contributed by atoms with Gasteiger partial charge in [0.1, 0.15) is 0 Å². The van der Waals surface area contributed by atoms with Gasteiger partial charge in [-0.3, -0.25) is 14.9 Å². The minimum absolute atomic E-state index is 0.0171. The van der Waals surface area contributed by atoms with Crippen LogP contribution in [0.5, 0.6) is 0 Å². The summed E-state index contributed by atoms with van der Waals surface area (Å²) in [5, 5.41) is 13.5. The second-order valence-corrected chi connectivity index (χ2v) is 4.86. The van der Waals surface area contributed by atoms with Crippen molar-refractivity contribution in [2.24, 2.45) is 0 Å². The van der Waals surface area contributed by atoms with Crippen LogP contribution in [0.2, 0.25) is 0 Å². The maximum absolute atomic E-state index is 11.7. The predicted octanol–water partition coefficient (Wildman–Crippen LogP) is 2.05. The minimum Gasteiger partial charge on any atom is -0.351 e. The van der Waals surface area contributed by atoms with Crippen molar-refractivity contribution in [2.75, 3.05) is 0 Å². The van der Waals surface area contributed by atoms with Gasteiger partial charge >= 0.3 is 0 Å². The number of rotatable bonds is 3. The molecule has 0 aromatic heterocycles. The largest absolute Gasteiger partial charge is 0.351 e. The summed E-state index contributed by atoms with van der Waals surface area (Å²) >= 11 is 0. The van der Waals surface area contributed by atoms with E-state index >= 15 is 0 Å². The van der Waals surface area contributed by atoms with Crippen molar-refractivity contribution in [1.82, 2.24) is 5.32 Å². The number of hydrogen-bond donors (Lipinski definition) is 1. The lowest BCUT2D eigenvalue weighted by atomic mass is 10.1. The van der Waals surface area contributed by atoms with Crippen molar-refractivity contribution in [3.8, 4) is 0 Å². The molecular formula is C12H16N2O3. The van der Waals surface area contributed by atoms with Gasteiger partial charge in [-0.05, 0) is 20.8 Å². The molecule has 0 saturated carbocycles. The second kappa shape index (κ2) is 4.95. The zero-order chi connectivity index (χ0) is 13.1. The van der Waals surface area contributed by atoms with E-state index in [1.165, 1.54) is 6.07 Å². The lowest BCUT2D eigenvalue weighted by Crippen LogP contribution is -2.41. The van der Waals surface area contributed by atoms with E-state index in [4.69, 9.17) is 0 Å². The van der Waals surface area contributed by atoms with Crippen LogP contribution in [0.1, 0.15) is 26.3 Å². The summed E-state index contributed by atoms with van der Waals surface area (Å²) in [4.78, 5) is 22.0. The summed E-state index contributed by atoms with van der Waals surface area (Å²) in [6, 6.07) is 6.27. The Morgan fingerprint density at radius 1 is 1.35 bits per heavy atom. The quantitative estimate of drug-likeness (QED) is 0.644. The summed E-state index contributed by atoms with van der Waals surface area (Å²) < 4.78 is 0. The van der Waals surface area contributed by atoms with Crippen LogP contribution in [0.3, 0.4) is 0 Å². The molecule has 0 heterocycles. The van der Waals surface area contributed by atoms with E-state index in [0.29, 0.717) is 5.56 Å². The van der Waals surface area contributed by atoms with E-state index in [1.54, 1.807) is 18.2 Å². The first-order valence-corrected chi connectivity index (χ1v) is 5.33. The molecule has 1 aromatic rings. The standard InChI is InChI=1S/C12H16N2O3/c1-12(2,3)13-11(15)8-9-6-4-5-7-10(9)14(16)17/h4-7H,8H2,1-3H3,(H,13,15). The minimum atomic E-state index is -0.473. The van der Waals surface area contributed by atoms with Crippen LogP contribution >= 0.6 is 0 Å². The van der Waals surface area contributed by atoms with Gasteiger partial charge in [0.2, 0.25) is 5.91 Å². The molecule has 5 nitrogen and oxygen atoms in total. The Kier molecular flexibility index (Phi) is 3.83. The number of hydrogen-bond acceptors (Lipinski definition) is 3. The molecule has 0 spiro atoms. The van der Waals surface area contributed by atoms with Crippen LogP contribution in [0, 0.1) is 10.1 Å². The number of nitro groups is 1. The Bertz CT molecular complexity index is 436. The van der Waals surface area contributed by atoms with Crippen molar-refractivity contribution in [1.29, 1.82) is 0 Å². The first-order valence-electron chi connectivity index (χ1n) is 5.33. The van der Waals surface area contributed by atoms with Crippen LogP contribution in [-0.4, -0.2) is 16.4 Å². The van der Waals surface area contributed by atoms with Gasteiger partial charge in [0.15, 0.2) is 0 Å². The molecule has 0 radical (unpaired) electrons. The zero-order valence-corrected chi connectivity index (χ0v) is 10.2. The van der Waals surface area contributed by atoms with E-state index in [2.05, 4.69) is 5.32 Å². The Morgan fingerprint density at radius 2 is 1.94 bits per heavy atom. The van der Waals surface area contributed by atoms with Crippen LogP contribution in [0.25, 0.3) is 0 Å². The van der Waals surface area contributed by atoms with E-state index in [0.717, 1.165) is 0 Å². The van der Waals surface area contributed by atoms with Crippen LogP contribution in [0.15, 0.2) is 24.3 Å². The Balaban J connectivity index is 2.82. The van der Waals surface area contributed by atoms with E-state index in [9.17, 15) is 14.9 Å². The third-order valence-corrected chi connectivity index (χ3v) is 2.05. The summed E-state index contributed by atoms with van der Waals surface area (Å²) in [5.74, 6) is -0.216. The molecule has 0 aliphatic rings. The summed E-state index contributed by atoms with van der Waals surface area (Å²) in [7, 11) is 0. The van der Waals surface area contributed by atoms with Gasteiger partial charge in [0.05, 0.1) is 11.3 Å². The number of para-hydroxylation sites is 1. The third kappa shape index (κ3) is 4.22. The molecule has 92 valence electrons. The molecule has 1 rings (SSSR count). The summed E-state index contributed by atoms with van der Waals surface area (Å²) in [6.07, 6.45) is 0.0222. The number of amides is 1. The Morgan fingerprint density at radius 3 is 2.47 bits per heavy atom. The van der Waals surface area contributed by atoms with E-state index in [1.807, 2.05) is 20.8 Å². The first kappa shape index (κ1) is 13.2. The smallest absolute Gasteiger partial charge is 0.273 e. The molecule has 5 heteroatoms. The molecule has 1 amide bonds. The lowest BCUT2D eigenvalue weighted by Gasteiger charge is -2.20. The summed E-state index contributed by atoms with van der Waals surface area (Å²) in [5.41, 5.74) is 0.0801. The van der Waals surface area contributed by atoms with Gasteiger partial charge in [-0.1, -0.05) is 18.2 Å². The number of benzene rings is 1. The number of nitrogens with one attached hydrogen (secondary N) is 1. The zero-order valence-electron chi connectivity index (χ0n) is 10.2. The number of carbonyl (C=O) groups excluding carboxylic acids is 1. The first-order chi connectivity index (χ1) is 7.79. The Labute approximate surface area is 100.0 Å². The second-order valence-electron chi connectivity index (χ2n) is 4.86. The van der Waals surface area contributed by atoms with Crippen LogP contribution in [-0.2, 0) is 11.2 Å². The average molecular weight is 236 g/mol. The van der Waals surface area contributed by atoms with Gasteiger partial charge in [0, 0.05) is 17.2 Å². The van der Waals surface area contributed by atoms with Gasteiger partial charge in [-0.2, -0.15) is 0 Å². The molecule has 17 heavy (non-hydrogen) atoms. The van der Waals surface area contributed by atoms with Crippen LogP contribution < -0.4 is 5.32 Å². The molecule has 0 unspecified atom stereocenters. The van der Waals surface area contributed by atoms with Crippen molar-refractivity contribution >= 4 is 11.6 Å². The molecule has 0 aliphatic heterocycles. The number of nitro benzene ring substituents is 1. The van der Waals surface area contributed by atoms with E-state index in [-0.39, 0.29) is 23.6 Å². The molecule has 0 aliphatic carbocycles. The normalized spacial score (nSPS) is 11.0. The summed E-state index contributed by atoms with van der Waals surface area (Å²) in [6.45, 7) is 5.60. The van der Waals surface area contributed by atoms with Crippen molar-refractivity contribution in [2.45, 2.75) is 32.7 Å². The highest BCUT2D eigenvalue weighted by molar-refractivity contribution is 5.80. The SMILES string of the molecule is CC(C)(C)NC(=O)Cc1ccccc1[N+](=O)[O-]. The fraction of sp³-hybridized carbons (Fsp3) is 0.417. The molecule has 0 saturated heterocycles. The van der Waals surface area contributed by atoms with Crippen LogP contribution in [0.4, 0.5) is 5.69 Å². The molecular weight excluding hydrogens is 220 g/mol. The number of carbonyl (C=O) groups is 1. The lowest BCUT2D eigenvalue weighted by molar-refractivity contribution is -0.385. The maximum Gasteiger partial charge on any atom is 0.273 e. The van der Waals surface area contributed by atoms with Gasteiger partial charge in [-0.25, -0.2) is 0 Å². The molecule has 1 N–H and O–H groups in total. The molecule has 1 aromatic carbocycles. The van der Waals surface area contributed by atoms with Crippen molar-refractivity contribution in [3.05, 3.63) is 39.9 Å². The predicted molar refractivity (Wildman–Crippen MR) is 64.7 cm³/mol. The fourth-order valence-electron chi connectivity index (χ4n) is 1.47. The molecule has 0 fully saturated rings. The Hall–Kier alpha value is -1.91. The van der Waals surface area contributed by atoms with E-state index < -0.39 is 4.92 Å². The van der Waals surface area contributed by atoms with Gasteiger partial charge in [0.25, 0.3) is 5.69 Å². The van der Waals surface area contributed by atoms with Crippen molar-refractivity contribution in [3.63, 3.8) is 0 Å². The maximum atomic E-state index is 11.7.